The molecule has 1 unspecified atom stereocenters. The van der Waals surface area contributed by atoms with Gasteiger partial charge in [-0.05, 0) is 61.9 Å². The number of aromatic nitrogens is 1. The van der Waals surface area contributed by atoms with E-state index in [-0.39, 0.29) is 30.3 Å². The van der Waals surface area contributed by atoms with E-state index in [4.69, 9.17) is 0 Å². The maximum atomic E-state index is 13.7. The number of anilines is 1. The summed E-state index contributed by atoms with van der Waals surface area (Å²) in [7, 11) is 4.04. The lowest BCUT2D eigenvalue weighted by Crippen LogP contribution is -2.49. The molecule has 2 aromatic carbocycles. The Morgan fingerprint density at radius 1 is 1.06 bits per heavy atom. The highest BCUT2D eigenvalue weighted by molar-refractivity contribution is 5.87. The van der Waals surface area contributed by atoms with Crippen molar-refractivity contribution >= 4 is 28.4 Å². The molecule has 1 aliphatic carbocycles. The molecule has 0 saturated heterocycles. The Morgan fingerprint density at radius 3 is 2.42 bits per heavy atom. The summed E-state index contributed by atoms with van der Waals surface area (Å²) in [6.45, 7) is 5.41. The number of amides is 2. The van der Waals surface area contributed by atoms with Crippen LogP contribution in [0.3, 0.4) is 0 Å². The Kier molecular flexibility index (Phi) is 8.34. The second kappa shape index (κ2) is 11.6. The summed E-state index contributed by atoms with van der Waals surface area (Å²) in [4.78, 5) is 36.1. The number of aromatic amines is 1. The van der Waals surface area contributed by atoms with Crippen molar-refractivity contribution in [2.45, 2.75) is 58.5 Å². The zero-order valence-corrected chi connectivity index (χ0v) is 22.2. The van der Waals surface area contributed by atoms with Gasteiger partial charge in [-0.25, -0.2) is 0 Å². The number of nitrogens with one attached hydrogen (secondary N) is 1. The van der Waals surface area contributed by atoms with E-state index in [1.54, 1.807) is 0 Å². The van der Waals surface area contributed by atoms with E-state index in [1.165, 1.54) is 10.9 Å². The molecule has 4 rings (SSSR count). The Hall–Kier alpha value is -3.28. The number of rotatable bonds is 11. The van der Waals surface area contributed by atoms with E-state index < -0.39 is 0 Å². The van der Waals surface area contributed by atoms with Crippen LogP contribution >= 0.6 is 0 Å². The minimum absolute atomic E-state index is 0.0134. The molecule has 1 aromatic heterocycles. The monoisotopic (exact) mass is 488 g/mol. The predicted octanol–water partition coefficient (Wildman–Crippen LogP) is 5.23. The van der Waals surface area contributed by atoms with Crippen molar-refractivity contribution in [1.82, 2.24) is 14.8 Å². The normalized spacial score (nSPS) is 14.3. The Balaban J connectivity index is 1.53. The molecule has 1 N–H and O–H groups in total. The summed E-state index contributed by atoms with van der Waals surface area (Å²) in [6.07, 6.45) is 6.65. The smallest absolute Gasteiger partial charge is 0.242 e. The van der Waals surface area contributed by atoms with Gasteiger partial charge >= 0.3 is 0 Å². The van der Waals surface area contributed by atoms with Crippen molar-refractivity contribution in [3.8, 4) is 0 Å². The Morgan fingerprint density at radius 2 is 1.78 bits per heavy atom. The third kappa shape index (κ3) is 5.92. The van der Waals surface area contributed by atoms with Crippen LogP contribution in [-0.4, -0.2) is 59.8 Å². The molecule has 1 fully saturated rings. The molecule has 6 heteroatoms. The fraction of sp³-hybridized carbons (Fsp3) is 0.467. The topological polar surface area (TPSA) is 59.7 Å². The summed E-state index contributed by atoms with van der Waals surface area (Å²) >= 11 is 0. The molecule has 1 atom stereocenters. The third-order valence-electron chi connectivity index (χ3n) is 7.67. The van der Waals surface area contributed by atoms with Crippen molar-refractivity contribution in [2.24, 2.45) is 5.92 Å². The van der Waals surface area contributed by atoms with Gasteiger partial charge in [0.2, 0.25) is 11.8 Å². The van der Waals surface area contributed by atoms with Crippen molar-refractivity contribution in [2.75, 3.05) is 32.1 Å². The zero-order chi connectivity index (χ0) is 25.7. The molecule has 2 amide bonds. The molecule has 0 bridgehead atoms. The molecule has 3 aromatic rings. The minimum atomic E-state index is 0.0134. The third-order valence-corrected chi connectivity index (χ3v) is 7.67. The SMILES string of the molecule is CCC(C)N(CC(=O)N(CCc1c[nH]c2ccccc12)Cc1ccc(N(C)C)cc1)C(=O)C1CCC1. The lowest BCUT2D eigenvalue weighted by atomic mass is 9.84. The van der Waals surface area contributed by atoms with Crippen LogP contribution in [-0.2, 0) is 22.6 Å². The average molecular weight is 489 g/mol. The first-order valence-electron chi connectivity index (χ1n) is 13.3. The van der Waals surface area contributed by atoms with Gasteiger partial charge in [0, 0.05) is 61.9 Å². The van der Waals surface area contributed by atoms with Gasteiger partial charge < -0.3 is 19.7 Å². The van der Waals surface area contributed by atoms with Crippen molar-refractivity contribution in [3.05, 3.63) is 65.9 Å². The van der Waals surface area contributed by atoms with Crippen LogP contribution < -0.4 is 4.90 Å². The number of nitrogens with zero attached hydrogens (tertiary/aromatic N) is 3. The molecule has 0 aliphatic heterocycles. The second-order valence-corrected chi connectivity index (χ2v) is 10.3. The van der Waals surface area contributed by atoms with Gasteiger partial charge in [-0.15, -0.1) is 0 Å². The highest BCUT2D eigenvalue weighted by Crippen LogP contribution is 2.29. The first-order chi connectivity index (χ1) is 17.4. The van der Waals surface area contributed by atoms with Crippen LogP contribution in [0.1, 0.15) is 50.7 Å². The average Bonchev–Trinajstić information content (AvgIpc) is 3.26. The summed E-state index contributed by atoms with van der Waals surface area (Å²) in [6, 6.07) is 16.7. The molecule has 1 aliphatic rings. The highest BCUT2D eigenvalue weighted by Gasteiger charge is 2.33. The quantitative estimate of drug-likeness (QED) is 0.402. The maximum Gasteiger partial charge on any atom is 0.242 e. The molecule has 0 spiro atoms. The largest absolute Gasteiger partial charge is 0.378 e. The van der Waals surface area contributed by atoms with Gasteiger partial charge in [0.05, 0.1) is 0 Å². The number of H-pyrrole nitrogens is 1. The van der Waals surface area contributed by atoms with E-state index in [2.05, 4.69) is 60.1 Å². The second-order valence-electron chi connectivity index (χ2n) is 10.3. The summed E-state index contributed by atoms with van der Waals surface area (Å²) in [5.74, 6) is 0.250. The van der Waals surface area contributed by atoms with Crippen LogP contribution in [0.2, 0.25) is 0 Å². The van der Waals surface area contributed by atoms with Crippen molar-refractivity contribution in [3.63, 3.8) is 0 Å². The number of fused-ring (bicyclic) bond motifs is 1. The van der Waals surface area contributed by atoms with Gasteiger partial charge in [-0.3, -0.25) is 9.59 Å². The van der Waals surface area contributed by atoms with Crippen LogP contribution in [0, 0.1) is 5.92 Å². The number of para-hydroxylation sites is 1. The van der Waals surface area contributed by atoms with E-state index >= 15 is 0 Å². The van der Waals surface area contributed by atoms with E-state index in [1.807, 2.05) is 42.2 Å². The van der Waals surface area contributed by atoms with Crippen molar-refractivity contribution < 1.29 is 9.59 Å². The number of hydrogen-bond donors (Lipinski definition) is 1. The zero-order valence-electron chi connectivity index (χ0n) is 22.2. The van der Waals surface area contributed by atoms with Gasteiger partial charge in [0.1, 0.15) is 6.54 Å². The molecular weight excluding hydrogens is 448 g/mol. The summed E-state index contributed by atoms with van der Waals surface area (Å²) < 4.78 is 0. The van der Waals surface area contributed by atoms with Crippen LogP contribution in [0.5, 0.6) is 0 Å². The highest BCUT2D eigenvalue weighted by atomic mass is 16.2. The lowest BCUT2D eigenvalue weighted by Gasteiger charge is -2.36. The molecule has 1 saturated carbocycles. The number of carbonyl (C=O) groups is 2. The van der Waals surface area contributed by atoms with E-state index in [0.717, 1.165) is 48.9 Å². The molecule has 192 valence electrons. The van der Waals surface area contributed by atoms with Gasteiger partial charge in [-0.2, -0.15) is 0 Å². The lowest BCUT2D eigenvalue weighted by molar-refractivity contribution is -0.147. The molecule has 6 nitrogen and oxygen atoms in total. The molecule has 1 heterocycles. The van der Waals surface area contributed by atoms with E-state index in [0.29, 0.717) is 13.1 Å². The Bertz CT molecular complexity index is 1160. The number of carbonyl (C=O) groups excluding carboxylic acids is 2. The standard InChI is InChI=1S/C30H40N4O2/c1-5-22(2)34(30(36)24-9-8-10-24)21-29(35)33(20-23-13-15-26(16-14-23)32(3)4)18-17-25-19-31-28-12-7-6-11-27(25)28/h6-7,11-16,19,22,24,31H,5,8-10,17-18,20-21H2,1-4H3. The van der Waals surface area contributed by atoms with Gasteiger partial charge in [-0.1, -0.05) is 43.7 Å². The van der Waals surface area contributed by atoms with Gasteiger partial charge in [0.25, 0.3) is 0 Å². The van der Waals surface area contributed by atoms with Crippen LogP contribution in [0.15, 0.2) is 54.7 Å². The first kappa shape index (κ1) is 25.8. The van der Waals surface area contributed by atoms with Crippen LogP contribution in [0.25, 0.3) is 10.9 Å². The maximum absolute atomic E-state index is 13.7. The van der Waals surface area contributed by atoms with Crippen molar-refractivity contribution in [1.29, 1.82) is 0 Å². The Labute approximate surface area is 215 Å². The molecule has 0 radical (unpaired) electrons. The van der Waals surface area contributed by atoms with E-state index in [9.17, 15) is 9.59 Å². The molecule has 36 heavy (non-hydrogen) atoms. The number of hydrogen-bond acceptors (Lipinski definition) is 3. The summed E-state index contributed by atoms with van der Waals surface area (Å²) in [5.41, 5.74) is 4.53. The fourth-order valence-corrected chi connectivity index (χ4v) is 4.81. The molecular formula is C30H40N4O2. The summed E-state index contributed by atoms with van der Waals surface area (Å²) in [5, 5.41) is 1.20. The first-order valence-corrected chi connectivity index (χ1v) is 13.3. The minimum Gasteiger partial charge on any atom is -0.378 e. The van der Waals surface area contributed by atoms with Crippen LogP contribution in [0.4, 0.5) is 5.69 Å². The number of benzene rings is 2. The predicted molar refractivity (Wildman–Crippen MR) is 147 cm³/mol. The fourth-order valence-electron chi connectivity index (χ4n) is 4.81. The van der Waals surface area contributed by atoms with Gasteiger partial charge in [0.15, 0.2) is 0 Å².